The number of nitrogens with one attached hydrogen (secondary N) is 2. The summed E-state index contributed by atoms with van der Waals surface area (Å²) in [4.78, 5) is 63.7. The van der Waals surface area contributed by atoms with Gasteiger partial charge in [0.2, 0.25) is 11.8 Å². The van der Waals surface area contributed by atoms with Crippen LogP contribution in [-0.2, 0) is 40.0 Å². The van der Waals surface area contributed by atoms with Gasteiger partial charge in [0.05, 0.1) is 0 Å². The highest BCUT2D eigenvalue weighted by Gasteiger charge is 2.40. The van der Waals surface area contributed by atoms with Crippen LogP contribution in [0.2, 0.25) is 0 Å². The third-order valence-corrected chi connectivity index (χ3v) is 4.95. The van der Waals surface area contributed by atoms with E-state index in [2.05, 4.69) is 10.6 Å². The molecule has 0 spiro atoms. The van der Waals surface area contributed by atoms with Gasteiger partial charge < -0.3 is 30.6 Å². The van der Waals surface area contributed by atoms with Gasteiger partial charge in [-0.15, -0.1) is 0 Å². The van der Waals surface area contributed by atoms with Crippen molar-refractivity contribution in [2.24, 2.45) is 17.6 Å². The summed E-state index contributed by atoms with van der Waals surface area (Å²) in [5.74, 6) is -5.41. The van der Waals surface area contributed by atoms with Crippen LogP contribution in [0.15, 0.2) is 30.3 Å². The number of ether oxygens (including phenoxy) is 3. The molecular weight excluding hydrogens is 494 g/mol. The van der Waals surface area contributed by atoms with Crippen LogP contribution in [0.25, 0.3) is 0 Å². The Morgan fingerprint density at radius 1 is 0.842 bits per heavy atom. The number of alkyl carbamates (subject to hydrolysis) is 1. The van der Waals surface area contributed by atoms with Gasteiger partial charge in [0, 0.05) is 6.42 Å². The monoisotopic (exact) mass is 535 g/mol. The summed E-state index contributed by atoms with van der Waals surface area (Å²) in [5, 5.41) is 4.88. The summed E-state index contributed by atoms with van der Waals surface area (Å²) >= 11 is 0. The number of esters is 2. The van der Waals surface area contributed by atoms with Crippen LogP contribution < -0.4 is 16.4 Å². The molecule has 0 bridgehead atoms. The molecule has 0 saturated carbocycles. The van der Waals surface area contributed by atoms with Crippen molar-refractivity contribution in [1.82, 2.24) is 10.6 Å². The van der Waals surface area contributed by atoms with E-state index in [4.69, 9.17) is 19.9 Å². The fraction of sp³-hybridized carbons (Fsp3) is 0.593. The average Bonchev–Trinajstić information content (AvgIpc) is 2.76. The second kappa shape index (κ2) is 13.8. The molecule has 0 heterocycles. The quantitative estimate of drug-likeness (QED) is 0.221. The van der Waals surface area contributed by atoms with Gasteiger partial charge in [0.1, 0.15) is 29.9 Å². The Morgan fingerprint density at radius 2 is 1.34 bits per heavy atom. The van der Waals surface area contributed by atoms with Crippen molar-refractivity contribution in [3.63, 3.8) is 0 Å². The fourth-order valence-corrected chi connectivity index (χ4v) is 3.23. The fourth-order valence-electron chi connectivity index (χ4n) is 3.23. The highest BCUT2D eigenvalue weighted by Crippen LogP contribution is 2.21. The third-order valence-electron chi connectivity index (χ3n) is 4.95. The molecule has 0 fully saturated rings. The van der Waals surface area contributed by atoms with Crippen molar-refractivity contribution in [3.8, 4) is 0 Å². The topological polar surface area (TPSA) is 163 Å². The average molecular weight is 536 g/mol. The van der Waals surface area contributed by atoms with Gasteiger partial charge >= 0.3 is 18.0 Å². The zero-order valence-corrected chi connectivity index (χ0v) is 23.5. The molecule has 0 unspecified atom stereocenters. The number of carbonyl (C=O) groups excluding carboxylic acids is 5. The molecule has 11 heteroatoms. The molecule has 0 aliphatic carbocycles. The van der Waals surface area contributed by atoms with Gasteiger partial charge in [-0.2, -0.15) is 0 Å². The molecule has 1 rings (SSSR count). The lowest BCUT2D eigenvalue weighted by Gasteiger charge is -2.29. The molecule has 0 aliphatic heterocycles. The number of primary amides is 1. The molecule has 11 nitrogen and oxygen atoms in total. The number of hydrogen-bond acceptors (Lipinski definition) is 8. The van der Waals surface area contributed by atoms with Crippen LogP contribution in [0.5, 0.6) is 0 Å². The standard InChI is InChI=1S/C27H41N3O8/c1-16(2)20(21(28)31)30-22(32)19(29-25(35)36-15-17-12-10-9-11-13-17)14-18(23(33)37-26(3,4)5)24(34)38-27(6,7)8/h9-13,16,18-20H,14-15H2,1-8H3,(H2,28,31)(H,29,35)(H,30,32)/t19-,20-/m0/s1. The van der Waals surface area contributed by atoms with Gasteiger partial charge in [-0.1, -0.05) is 44.2 Å². The molecule has 4 N–H and O–H groups in total. The summed E-state index contributed by atoms with van der Waals surface area (Å²) in [6.45, 7) is 13.0. The minimum absolute atomic E-state index is 0.0848. The maximum absolute atomic E-state index is 13.2. The smallest absolute Gasteiger partial charge is 0.408 e. The van der Waals surface area contributed by atoms with Crippen LogP contribution >= 0.6 is 0 Å². The maximum Gasteiger partial charge on any atom is 0.408 e. The maximum atomic E-state index is 13.2. The normalized spacial score (nSPS) is 13.3. The van der Waals surface area contributed by atoms with E-state index < -0.39 is 65.5 Å². The molecule has 0 saturated heterocycles. The minimum Gasteiger partial charge on any atom is -0.459 e. The molecule has 3 amide bonds. The Labute approximate surface area is 224 Å². The first-order valence-corrected chi connectivity index (χ1v) is 12.4. The Morgan fingerprint density at radius 3 is 1.76 bits per heavy atom. The van der Waals surface area contributed by atoms with Crippen LogP contribution in [0.3, 0.4) is 0 Å². The highest BCUT2D eigenvalue weighted by atomic mass is 16.6. The molecular formula is C27H41N3O8. The van der Waals surface area contributed by atoms with Crippen molar-refractivity contribution < 1.29 is 38.2 Å². The lowest BCUT2D eigenvalue weighted by molar-refractivity contribution is -0.175. The number of amides is 3. The van der Waals surface area contributed by atoms with Crippen molar-refractivity contribution in [2.45, 2.75) is 91.7 Å². The summed E-state index contributed by atoms with van der Waals surface area (Å²) in [7, 11) is 0. The van der Waals surface area contributed by atoms with Gasteiger partial charge in [0.15, 0.2) is 5.92 Å². The zero-order valence-electron chi connectivity index (χ0n) is 23.5. The lowest BCUT2D eigenvalue weighted by atomic mass is 9.97. The van der Waals surface area contributed by atoms with Crippen LogP contribution in [-0.4, -0.2) is 53.1 Å². The molecule has 38 heavy (non-hydrogen) atoms. The Hall–Kier alpha value is -3.63. The molecule has 1 aromatic rings. The van der Waals surface area contributed by atoms with Crippen LogP contribution in [0.1, 0.15) is 67.4 Å². The second-order valence-electron chi connectivity index (χ2n) is 11.2. The van der Waals surface area contributed by atoms with Gasteiger partial charge in [-0.25, -0.2) is 4.79 Å². The zero-order chi connectivity index (χ0) is 29.3. The van der Waals surface area contributed by atoms with E-state index in [1.807, 2.05) is 0 Å². The summed E-state index contributed by atoms with van der Waals surface area (Å²) in [5.41, 5.74) is 4.25. The Kier molecular flexibility index (Phi) is 11.8. The molecule has 2 atom stereocenters. The van der Waals surface area contributed by atoms with E-state index in [1.54, 1.807) is 85.7 Å². The van der Waals surface area contributed by atoms with Crippen molar-refractivity contribution >= 4 is 29.8 Å². The summed E-state index contributed by atoms with van der Waals surface area (Å²) in [6, 6.07) is 6.32. The molecule has 0 aliphatic rings. The SMILES string of the molecule is CC(C)[C@H](NC(=O)[C@H](CC(C(=O)OC(C)(C)C)C(=O)OC(C)(C)C)NC(=O)OCc1ccccc1)C(N)=O. The van der Waals surface area contributed by atoms with E-state index in [1.165, 1.54) is 0 Å². The molecule has 0 radical (unpaired) electrons. The Balaban J connectivity index is 3.26. The first kappa shape index (κ1) is 32.4. The molecule has 0 aromatic heterocycles. The molecule has 212 valence electrons. The minimum atomic E-state index is -1.57. The Bertz CT molecular complexity index is 952. The van der Waals surface area contributed by atoms with E-state index in [-0.39, 0.29) is 12.5 Å². The molecule has 1 aromatic carbocycles. The van der Waals surface area contributed by atoms with Crippen LogP contribution in [0, 0.1) is 11.8 Å². The van der Waals surface area contributed by atoms with E-state index in [9.17, 15) is 24.0 Å². The van der Waals surface area contributed by atoms with E-state index >= 15 is 0 Å². The van der Waals surface area contributed by atoms with Gasteiger partial charge in [-0.05, 0) is 53.0 Å². The van der Waals surface area contributed by atoms with Crippen molar-refractivity contribution in [2.75, 3.05) is 0 Å². The number of carbonyl (C=O) groups is 5. The third kappa shape index (κ3) is 12.1. The predicted octanol–water partition coefficient (Wildman–Crippen LogP) is 2.60. The number of benzene rings is 1. The highest BCUT2D eigenvalue weighted by molar-refractivity contribution is 5.97. The lowest BCUT2D eigenvalue weighted by Crippen LogP contribution is -2.56. The second-order valence-corrected chi connectivity index (χ2v) is 11.2. The van der Waals surface area contributed by atoms with Crippen molar-refractivity contribution in [1.29, 1.82) is 0 Å². The predicted molar refractivity (Wildman–Crippen MR) is 139 cm³/mol. The van der Waals surface area contributed by atoms with E-state index in [0.717, 1.165) is 0 Å². The van der Waals surface area contributed by atoms with E-state index in [0.29, 0.717) is 5.56 Å². The summed E-state index contributed by atoms with van der Waals surface area (Å²) in [6.07, 6.45) is -1.49. The number of hydrogen-bond donors (Lipinski definition) is 3. The van der Waals surface area contributed by atoms with Crippen LogP contribution in [0.4, 0.5) is 4.79 Å². The number of nitrogens with two attached hydrogens (primary N) is 1. The van der Waals surface area contributed by atoms with Gasteiger partial charge in [0.25, 0.3) is 0 Å². The van der Waals surface area contributed by atoms with Gasteiger partial charge in [-0.3, -0.25) is 19.2 Å². The first-order chi connectivity index (χ1) is 17.4. The number of rotatable bonds is 11. The first-order valence-electron chi connectivity index (χ1n) is 12.4. The largest absolute Gasteiger partial charge is 0.459 e. The summed E-state index contributed by atoms with van der Waals surface area (Å²) < 4.78 is 16.0. The van der Waals surface area contributed by atoms with Crippen molar-refractivity contribution in [3.05, 3.63) is 35.9 Å².